The van der Waals surface area contributed by atoms with Crippen molar-refractivity contribution in [3.05, 3.63) is 0 Å². The van der Waals surface area contributed by atoms with Crippen molar-refractivity contribution in [3.8, 4) is 0 Å². The van der Waals surface area contributed by atoms with Crippen molar-refractivity contribution < 1.29 is 14.6 Å². The topological polar surface area (TPSA) is 46.5 Å². The van der Waals surface area contributed by atoms with Gasteiger partial charge in [0.1, 0.15) is 0 Å². The number of hydrogen-bond acceptors (Lipinski definition) is 3. The van der Waals surface area contributed by atoms with E-state index < -0.39 is 6.10 Å². The lowest BCUT2D eigenvalue weighted by Gasteiger charge is -2.14. The van der Waals surface area contributed by atoms with Crippen LogP contribution in [0.4, 0.5) is 0 Å². The lowest BCUT2D eigenvalue weighted by Crippen LogP contribution is -2.21. The van der Waals surface area contributed by atoms with Gasteiger partial charge >= 0.3 is 5.97 Å². The van der Waals surface area contributed by atoms with Crippen molar-refractivity contribution in [3.63, 3.8) is 0 Å². The molecule has 0 amide bonds. The number of aliphatic hydroxyl groups is 1. The average Bonchev–Trinajstić information content (AvgIpc) is 2.00. The molecule has 1 unspecified atom stereocenters. The summed E-state index contributed by atoms with van der Waals surface area (Å²) < 4.78 is 4.93. The number of carbonyl (C=O) groups is 1. The van der Waals surface area contributed by atoms with Crippen LogP contribution in [-0.4, -0.2) is 23.8 Å². The Bertz CT molecular complexity index is 152. The molecule has 0 aromatic heterocycles. The molecule has 0 fully saturated rings. The normalized spacial score (nSPS) is 13.5. The summed E-state index contributed by atoms with van der Waals surface area (Å²) in [4.78, 5) is 11.1. The van der Waals surface area contributed by atoms with Gasteiger partial charge in [-0.3, -0.25) is 4.79 Å². The number of ether oxygens (including phenoxy) is 1. The fourth-order valence-electron chi connectivity index (χ4n) is 0.725. The Morgan fingerprint density at radius 3 is 2.23 bits per heavy atom. The average molecular weight is 188 g/mol. The van der Waals surface area contributed by atoms with E-state index in [1.54, 1.807) is 0 Å². The van der Waals surface area contributed by atoms with E-state index in [4.69, 9.17) is 4.74 Å². The number of rotatable bonds is 5. The molecule has 0 saturated heterocycles. The van der Waals surface area contributed by atoms with Gasteiger partial charge in [0.2, 0.25) is 0 Å². The molecule has 0 saturated carbocycles. The van der Waals surface area contributed by atoms with Crippen LogP contribution in [0.15, 0.2) is 0 Å². The van der Waals surface area contributed by atoms with Crippen LogP contribution in [0.25, 0.3) is 0 Å². The van der Waals surface area contributed by atoms with Gasteiger partial charge in [-0.1, -0.05) is 27.7 Å². The van der Waals surface area contributed by atoms with Crippen molar-refractivity contribution in [1.82, 2.24) is 0 Å². The van der Waals surface area contributed by atoms with E-state index in [2.05, 4.69) is 0 Å². The molecule has 0 aliphatic carbocycles. The van der Waals surface area contributed by atoms with E-state index in [1.807, 2.05) is 27.7 Å². The molecule has 0 aliphatic rings. The quantitative estimate of drug-likeness (QED) is 0.666. The van der Waals surface area contributed by atoms with Gasteiger partial charge < -0.3 is 9.84 Å². The highest BCUT2D eigenvalue weighted by Crippen LogP contribution is 2.06. The highest BCUT2D eigenvalue weighted by molar-refractivity contribution is 5.69. The second-order valence-corrected chi connectivity index (χ2v) is 4.09. The van der Waals surface area contributed by atoms with Crippen LogP contribution in [-0.2, 0) is 9.53 Å². The first-order valence-corrected chi connectivity index (χ1v) is 4.77. The third-order valence-electron chi connectivity index (χ3n) is 1.72. The first-order valence-electron chi connectivity index (χ1n) is 4.77. The summed E-state index contributed by atoms with van der Waals surface area (Å²) in [6.45, 7) is 8.14. The van der Waals surface area contributed by atoms with Crippen LogP contribution >= 0.6 is 0 Å². The second kappa shape index (κ2) is 5.97. The van der Waals surface area contributed by atoms with Gasteiger partial charge in [0.05, 0.1) is 19.1 Å². The van der Waals surface area contributed by atoms with E-state index >= 15 is 0 Å². The fraction of sp³-hybridized carbons (Fsp3) is 0.900. The van der Waals surface area contributed by atoms with Crippen molar-refractivity contribution >= 4 is 5.97 Å². The van der Waals surface area contributed by atoms with E-state index in [9.17, 15) is 9.90 Å². The summed E-state index contributed by atoms with van der Waals surface area (Å²) in [5, 5.41) is 9.36. The molecule has 78 valence electrons. The standard InChI is InChI=1S/C10H20O3/c1-7(2)6-13-10(12)5-9(11)8(3)4/h7-9,11H,5-6H2,1-4H3. The van der Waals surface area contributed by atoms with Crippen molar-refractivity contribution in [1.29, 1.82) is 0 Å². The van der Waals surface area contributed by atoms with Crippen LogP contribution in [0.5, 0.6) is 0 Å². The second-order valence-electron chi connectivity index (χ2n) is 4.09. The van der Waals surface area contributed by atoms with Gasteiger partial charge in [0.15, 0.2) is 0 Å². The Balaban J connectivity index is 3.62. The molecular weight excluding hydrogens is 168 g/mol. The molecule has 0 aromatic carbocycles. The van der Waals surface area contributed by atoms with Gasteiger partial charge in [0, 0.05) is 0 Å². The molecule has 1 N–H and O–H groups in total. The summed E-state index contributed by atoms with van der Waals surface area (Å²) >= 11 is 0. The summed E-state index contributed by atoms with van der Waals surface area (Å²) in [7, 11) is 0. The zero-order chi connectivity index (χ0) is 10.4. The van der Waals surface area contributed by atoms with Crippen LogP contribution in [0.3, 0.4) is 0 Å². The predicted molar refractivity (Wildman–Crippen MR) is 51.3 cm³/mol. The largest absolute Gasteiger partial charge is 0.465 e. The first kappa shape index (κ1) is 12.4. The molecule has 0 radical (unpaired) electrons. The highest BCUT2D eigenvalue weighted by Gasteiger charge is 2.15. The molecular formula is C10H20O3. The van der Waals surface area contributed by atoms with Crippen molar-refractivity contribution in [2.24, 2.45) is 11.8 Å². The van der Waals surface area contributed by atoms with Gasteiger partial charge in [-0.05, 0) is 11.8 Å². The van der Waals surface area contributed by atoms with Crippen LogP contribution in [0.2, 0.25) is 0 Å². The lowest BCUT2D eigenvalue weighted by atomic mass is 10.1. The number of hydrogen-bond donors (Lipinski definition) is 1. The first-order chi connectivity index (χ1) is 5.93. The lowest BCUT2D eigenvalue weighted by molar-refractivity contribution is -0.147. The minimum atomic E-state index is -0.584. The molecule has 3 nitrogen and oxygen atoms in total. The Kier molecular flexibility index (Phi) is 5.71. The van der Waals surface area contributed by atoms with Crippen LogP contribution < -0.4 is 0 Å². The summed E-state index contributed by atoms with van der Waals surface area (Å²) in [6.07, 6.45) is -0.482. The maximum atomic E-state index is 11.1. The summed E-state index contributed by atoms with van der Waals surface area (Å²) in [5.41, 5.74) is 0. The Morgan fingerprint density at radius 1 is 1.31 bits per heavy atom. The SMILES string of the molecule is CC(C)COC(=O)CC(O)C(C)C. The summed E-state index contributed by atoms with van der Waals surface area (Å²) in [6, 6.07) is 0. The van der Waals surface area contributed by atoms with Crippen LogP contribution in [0, 0.1) is 11.8 Å². The molecule has 0 bridgehead atoms. The molecule has 0 aliphatic heterocycles. The number of aliphatic hydroxyl groups excluding tert-OH is 1. The fourth-order valence-corrected chi connectivity index (χ4v) is 0.725. The molecule has 0 heterocycles. The Morgan fingerprint density at radius 2 is 1.85 bits per heavy atom. The molecule has 0 rings (SSSR count). The molecule has 0 aromatic rings. The minimum Gasteiger partial charge on any atom is -0.465 e. The molecule has 0 spiro atoms. The van der Waals surface area contributed by atoms with Gasteiger partial charge in [-0.25, -0.2) is 0 Å². The highest BCUT2D eigenvalue weighted by atomic mass is 16.5. The predicted octanol–water partition coefficient (Wildman–Crippen LogP) is 1.59. The van der Waals surface area contributed by atoms with Gasteiger partial charge in [0.25, 0.3) is 0 Å². The Hall–Kier alpha value is -0.570. The summed E-state index contributed by atoms with van der Waals surface area (Å²) in [5.74, 6) is 0.140. The van der Waals surface area contributed by atoms with E-state index in [1.165, 1.54) is 0 Å². The monoisotopic (exact) mass is 188 g/mol. The third kappa shape index (κ3) is 6.58. The van der Waals surface area contributed by atoms with E-state index in [0.717, 1.165) is 0 Å². The molecule has 3 heteroatoms. The molecule has 13 heavy (non-hydrogen) atoms. The van der Waals surface area contributed by atoms with Crippen molar-refractivity contribution in [2.45, 2.75) is 40.2 Å². The van der Waals surface area contributed by atoms with Crippen LogP contribution in [0.1, 0.15) is 34.1 Å². The van der Waals surface area contributed by atoms with E-state index in [-0.39, 0.29) is 18.3 Å². The van der Waals surface area contributed by atoms with Crippen molar-refractivity contribution in [2.75, 3.05) is 6.61 Å². The molecule has 1 atom stereocenters. The van der Waals surface area contributed by atoms with Gasteiger partial charge in [-0.15, -0.1) is 0 Å². The van der Waals surface area contributed by atoms with Gasteiger partial charge in [-0.2, -0.15) is 0 Å². The maximum Gasteiger partial charge on any atom is 0.308 e. The maximum absolute atomic E-state index is 11.1. The smallest absolute Gasteiger partial charge is 0.308 e. The number of esters is 1. The van der Waals surface area contributed by atoms with E-state index in [0.29, 0.717) is 12.5 Å². The number of carbonyl (C=O) groups excluding carboxylic acids is 1. The zero-order valence-electron chi connectivity index (χ0n) is 8.91. The third-order valence-corrected chi connectivity index (χ3v) is 1.72. The zero-order valence-corrected chi connectivity index (χ0v) is 8.91. The minimum absolute atomic E-state index is 0.102. The Labute approximate surface area is 80.1 Å².